The van der Waals surface area contributed by atoms with Gasteiger partial charge in [0.25, 0.3) is 0 Å². The molecule has 104 valence electrons. The molecular weight excluding hydrogens is 262 g/mol. The van der Waals surface area contributed by atoms with Crippen LogP contribution < -0.4 is 11.1 Å². The van der Waals surface area contributed by atoms with E-state index in [1.165, 1.54) is 0 Å². The van der Waals surface area contributed by atoms with E-state index in [2.05, 4.69) is 5.32 Å². The first-order chi connectivity index (χ1) is 9.58. The molecule has 0 bridgehead atoms. The summed E-state index contributed by atoms with van der Waals surface area (Å²) in [5.74, 6) is -1.57. The predicted octanol–water partition coefficient (Wildman–Crippen LogP) is 2.28. The first-order valence-corrected chi connectivity index (χ1v) is 6.10. The second-order valence-corrected chi connectivity index (χ2v) is 4.34. The second kappa shape index (κ2) is 6.25. The molecule has 1 atom stereocenters. The van der Waals surface area contributed by atoms with Crippen LogP contribution in [0.1, 0.15) is 17.2 Å². The number of rotatable bonds is 4. The lowest BCUT2D eigenvalue weighted by molar-refractivity contribution is -0.122. The summed E-state index contributed by atoms with van der Waals surface area (Å²) in [5.41, 5.74) is 6.53. The Morgan fingerprint density at radius 1 is 1.15 bits per heavy atom. The van der Waals surface area contributed by atoms with E-state index in [1.807, 2.05) is 6.07 Å². The normalized spacial score (nSPS) is 11.9. The molecule has 0 radical (unpaired) electrons. The molecule has 2 aromatic carbocycles. The molecular formula is C15H14F2N2O. The van der Waals surface area contributed by atoms with Gasteiger partial charge in [-0.15, -0.1) is 0 Å². The average molecular weight is 276 g/mol. The van der Waals surface area contributed by atoms with E-state index in [0.717, 1.165) is 18.2 Å². The molecule has 0 aromatic heterocycles. The Labute approximate surface area is 115 Å². The molecule has 0 saturated heterocycles. The van der Waals surface area contributed by atoms with Crippen molar-refractivity contribution in [3.8, 4) is 0 Å². The summed E-state index contributed by atoms with van der Waals surface area (Å²) < 4.78 is 26.4. The van der Waals surface area contributed by atoms with Crippen LogP contribution in [0.2, 0.25) is 0 Å². The molecule has 20 heavy (non-hydrogen) atoms. The van der Waals surface area contributed by atoms with Gasteiger partial charge in [0.2, 0.25) is 5.91 Å². The molecule has 0 aliphatic rings. The SMILES string of the molecule is N[C@@H](C(=O)NCc1cc(F)ccc1F)c1ccccc1. The highest BCUT2D eigenvalue weighted by molar-refractivity contribution is 5.82. The highest BCUT2D eigenvalue weighted by Gasteiger charge is 2.15. The van der Waals surface area contributed by atoms with Crippen LogP contribution in [0.4, 0.5) is 8.78 Å². The van der Waals surface area contributed by atoms with E-state index in [0.29, 0.717) is 5.56 Å². The van der Waals surface area contributed by atoms with Gasteiger partial charge in [-0.05, 0) is 23.8 Å². The third-order valence-electron chi connectivity index (χ3n) is 2.90. The van der Waals surface area contributed by atoms with Crippen molar-refractivity contribution >= 4 is 5.91 Å². The number of amides is 1. The molecule has 0 saturated carbocycles. The van der Waals surface area contributed by atoms with Crippen LogP contribution >= 0.6 is 0 Å². The Balaban J connectivity index is 2.00. The van der Waals surface area contributed by atoms with Crippen LogP contribution in [0.25, 0.3) is 0 Å². The molecule has 0 aliphatic heterocycles. The Hall–Kier alpha value is -2.27. The zero-order valence-corrected chi connectivity index (χ0v) is 10.6. The Kier molecular flexibility index (Phi) is 4.42. The number of carbonyl (C=O) groups is 1. The lowest BCUT2D eigenvalue weighted by Gasteiger charge is -2.13. The number of hydrogen-bond donors (Lipinski definition) is 2. The minimum Gasteiger partial charge on any atom is -0.350 e. The quantitative estimate of drug-likeness (QED) is 0.900. The third-order valence-corrected chi connectivity index (χ3v) is 2.90. The molecule has 0 spiro atoms. The number of halogens is 2. The van der Waals surface area contributed by atoms with E-state index < -0.39 is 23.6 Å². The summed E-state index contributed by atoms with van der Waals surface area (Å²) in [5, 5.41) is 2.49. The van der Waals surface area contributed by atoms with Gasteiger partial charge in [-0.1, -0.05) is 30.3 Å². The first kappa shape index (κ1) is 14.1. The molecule has 1 amide bonds. The van der Waals surface area contributed by atoms with Crippen molar-refractivity contribution in [2.45, 2.75) is 12.6 Å². The van der Waals surface area contributed by atoms with Gasteiger partial charge in [0.05, 0.1) is 0 Å². The van der Waals surface area contributed by atoms with Gasteiger partial charge >= 0.3 is 0 Å². The first-order valence-electron chi connectivity index (χ1n) is 6.10. The van der Waals surface area contributed by atoms with Gasteiger partial charge in [-0.25, -0.2) is 8.78 Å². The van der Waals surface area contributed by atoms with Crippen molar-refractivity contribution in [1.29, 1.82) is 0 Å². The summed E-state index contributed by atoms with van der Waals surface area (Å²) in [7, 11) is 0. The summed E-state index contributed by atoms with van der Waals surface area (Å²) in [6, 6.07) is 11.1. The van der Waals surface area contributed by atoms with E-state index in [1.54, 1.807) is 24.3 Å². The van der Waals surface area contributed by atoms with Gasteiger partial charge in [-0.3, -0.25) is 4.79 Å². The van der Waals surface area contributed by atoms with E-state index in [4.69, 9.17) is 5.73 Å². The zero-order chi connectivity index (χ0) is 14.5. The van der Waals surface area contributed by atoms with Gasteiger partial charge in [0.15, 0.2) is 0 Å². The largest absolute Gasteiger partial charge is 0.350 e. The maximum atomic E-state index is 13.4. The molecule has 0 unspecified atom stereocenters. The van der Waals surface area contributed by atoms with Crippen LogP contribution in [0.3, 0.4) is 0 Å². The van der Waals surface area contributed by atoms with Crippen molar-refractivity contribution in [3.05, 3.63) is 71.3 Å². The number of benzene rings is 2. The lowest BCUT2D eigenvalue weighted by Crippen LogP contribution is -2.33. The standard InChI is InChI=1S/C15H14F2N2O/c16-12-6-7-13(17)11(8-12)9-19-15(20)14(18)10-4-2-1-3-5-10/h1-8,14H,9,18H2,(H,19,20)/t14-/m1/s1. The smallest absolute Gasteiger partial charge is 0.241 e. The van der Waals surface area contributed by atoms with Gasteiger partial charge in [0, 0.05) is 12.1 Å². The average Bonchev–Trinajstić information content (AvgIpc) is 2.48. The topological polar surface area (TPSA) is 55.1 Å². The van der Waals surface area contributed by atoms with Crippen LogP contribution in [-0.2, 0) is 11.3 Å². The molecule has 0 aliphatic carbocycles. The highest BCUT2D eigenvalue weighted by Crippen LogP contribution is 2.12. The summed E-state index contributed by atoms with van der Waals surface area (Å²) in [6.07, 6.45) is 0. The van der Waals surface area contributed by atoms with Crippen LogP contribution in [0, 0.1) is 11.6 Å². The maximum Gasteiger partial charge on any atom is 0.241 e. The summed E-state index contributed by atoms with van der Waals surface area (Å²) in [6.45, 7) is -0.108. The van der Waals surface area contributed by atoms with E-state index in [-0.39, 0.29) is 12.1 Å². The monoisotopic (exact) mass is 276 g/mol. The van der Waals surface area contributed by atoms with Crippen LogP contribution in [0.15, 0.2) is 48.5 Å². The molecule has 3 nitrogen and oxygen atoms in total. The van der Waals surface area contributed by atoms with Crippen molar-refractivity contribution in [2.75, 3.05) is 0 Å². The number of nitrogens with one attached hydrogen (secondary N) is 1. The second-order valence-electron chi connectivity index (χ2n) is 4.34. The van der Waals surface area contributed by atoms with Gasteiger partial charge < -0.3 is 11.1 Å². The lowest BCUT2D eigenvalue weighted by atomic mass is 10.1. The molecule has 2 rings (SSSR count). The van der Waals surface area contributed by atoms with Crippen LogP contribution in [-0.4, -0.2) is 5.91 Å². The minimum atomic E-state index is -0.840. The van der Waals surface area contributed by atoms with Crippen molar-refractivity contribution < 1.29 is 13.6 Å². The van der Waals surface area contributed by atoms with Gasteiger partial charge in [0.1, 0.15) is 17.7 Å². The predicted molar refractivity (Wildman–Crippen MR) is 71.6 cm³/mol. The summed E-state index contributed by atoms with van der Waals surface area (Å²) in [4.78, 5) is 11.9. The fraction of sp³-hybridized carbons (Fsp3) is 0.133. The number of carbonyl (C=O) groups excluding carboxylic acids is 1. The molecule has 5 heteroatoms. The van der Waals surface area contributed by atoms with E-state index >= 15 is 0 Å². The Morgan fingerprint density at radius 2 is 1.85 bits per heavy atom. The minimum absolute atomic E-state index is 0.0820. The number of nitrogens with two attached hydrogens (primary N) is 1. The fourth-order valence-corrected chi connectivity index (χ4v) is 1.78. The number of hydrogen-bond acceptors (Lipinski definition) is 2. The van der Waals surface area contributed by atoms with E-state index in [9.17, 15) is 13.6 Å². The Morgan fingerprint density at radius 3 is 2.55 bits per heavy atom. The van der Waals surface area contributed by atoms with Crippen molar-refractivity contribution in [1.82, 2.24) is 5.32 Å². The van der Waals surface area contributed by atoms with Crippen LogP contribution in [0.5, 0.6) is 0 Å². The highest BCUT2D eigenvalue weighted by atomic mass is 19.1. The summed E-state index contributed by atoms with van der Waals surface area (Å²) >= 11 is 0. The Bertz CT molecular complexity index is 602. The van der Waals surface area contributed by atoms with Gasteiger partial charge in [-0.2, -0.15) is 0 Å². The molecule has 0 fully saturated rings. The fourth-order valence-electron chi connectivity index (χ4n) is 1.78. The molecule has 0 heterocycles. The maximum absolute atomic E-state index is 13.4. The zero-order valence-electron chi connectivity index (χ0n) is 10.6. The molecule has 2 aromatic rings. The van der Waals surface area contributed by atoms with Crippen molar-refractivity contribution in [3.63, 3.8) is 0 Å². The molecule has 3 N–H and O–H groups in total. The third kappa shape index (κ3) is 3.39. The van der Waals surface area contributed by atoms with Crippen molar-refractivity contribution in [2.24, 2.45) is 5.73 Å².